The van der Waals surface area contributed by atoms with E-state index in [0.717, 1.165) is 0 Å². The molecule has 1 rings (SSSR count). The van der Waals surface area contributed by atoms with Crippen LogP contribution in [0.2, 0.25) is 19.6 Å². The van der Waals surface area contributed by atoms with Crippen molar-refractivity contribution in [1.82, 2.24) is 0 Å². The molecule has 1 aromatic carbocycles. The first-order chi connectivity index (χ1) is 8.86. The molecule has 0 saturated carbocycles. The van der Waals surface area contributed by atoms with E-state index in [0.29, 0.717) is 12.0 Å². The van der Waals surface area contributed by atoms with Crippen LogP contribution in [0.4, 0.5) is 0 Å². The summed E-state index contributed by atoms with van der Waals surface area (Å²) in [5, 5.41) is 0. The molecule has 0 fully saturated rings. The van der Waals surface area contributed by atoms with Crippen molar-refractivity contribution in [2.45, 2.75) is 45.6 Å². The van der Waals surface area contributed by atoms with Gasteiger partial charge in [-0.1, -0.05) is 56.9 Å². The van der Waals surface area contributed by atoms with E-state index >= 15 is 0 Å². The van der Waals surface area contributed by atoms with Crippen molar-refractivity contribution in [3.63, 3.8) is 0 Å². The summed E-state index contributed by atoms with van der Waals surface area (Å²) < 4.78 is 5.96. The van der Waals surface area contributed by atoms with Gasteiger partial charge in [-0.3, -0.25) is 4.79 Å². The molecule has 0 aromatic heterocycles. The largest absolute Gasteiger partial charge is 0.497 e. The summed E-state index contributed by atoms with van der Waals surface area (Å²) >= 11 is 0. The topological polar surface area (TPSA) is 26.3 Å². The molecule has 0 aliphatic rings. The summed E-state index contributed by atoms with van der Waals surface area (Å²) in [7, 11) is -1.52. The minimum atomic E-state index is -1.52. The molecular weight excluding hydrogens is 252 g/mol. The fourth-order valence-electron chi connectivity index (χ4n) is 1.93. The smallest absolute Gasteiger partial charge is 0.161 e. The summed E-state index contributed by atoms with van der Waals surface area (Å²) in [6.07, 6.45) is 2.16. The highest BCUT2D eigenvalue weighted by atomic mass is 28.3. The molecule has 1 atom stereocenters. The van der Waals surface area contributed by atoms with Crippen LogP contribution in [-0.4, -0.2) is 13.9 Å². The summed E-state index contributed by atoms with van der Waals surface area (Å²) in [6, 6.07) is 10.2. The maximum atomic E-state index is 11.6. The zero-order chi connectivity index (χ0) is 14.5. The Kier molecular flexibility index (Phi) is 5.55. The van der Waals surface area contributed by atoms with Gasteiger partial charge in [0.25, 0.3) is 0 Å². The van der Waals surface area contributed by atoms with Crippen molar-refractivity contribution < 1.29 is 9.53 Å². The fraction of sp³-hybridized carbons (Fsp3) is 0.438. The Labute approximate surface area is 117 Å². The van der Waals surface area contributed by atoms with Crippen LogP contribution < -0.4 is 0 Å². The van der Waals surface area contributed by atoms with Gasteiger partial charge in [-0.15, -0.1) is 0 Å². The molecule has 0 heterocycles. The van der Waals surface area contributed by atoms with Crippen molar-refractivity contribution in [3.05, 3.63) is 47.7 Å². The van der Waals surface area contributed by atoms with E-state index in [1.165, 1.54) is 5.56 Å². The minimum Gasteiger partial charge on any atom is -0.497 e. The van der Waals surface area contributed by atoms with Crippen LogP contribution in [0.15, 0.2) is 42.2 Å². The van der Waals surface area contributed by atoms with Gasteiger partial charge in [0.05, 0.1) is 14.3 Å². The summed E-state index contributed by atoms with van der Waals surface area (Å²) in [5.41, 5.74) is 1.96. The second-order valence-corrected chi connectivity index (χ2v) is 11.1. The summed E-state index contributed by atoms with van der Waals surface area (Å²) in [6.45, 7) is 10.5. The fourth-order valence-corrected chi connectivity index (χ4v) is 3.59. The summed E-state index contributed by atoms with van der Waals surface area (Å²) in [4.78, 5) is 11.6. The Hall–Kier alpha value is -1.35. The number of rotatable bonds is 6. The van der Waals surface area contributed by atoms with Crippen LogP contribution in [0, 0.1) is 0 Å². The van der Waals surface area contributed by atoms with E-state index < -0.39 is 8.07 Å². The first-order valence-electron chi connectivity index (χ1n) is 6.76. The monoisotopic (exact) mass is 276 g/mol. The van der Waals surface area contributed by atoms with E-state index in [4.69, 9.17) is 4.74 Å². The third kappa shape index (κ3) is 4.67. The van der Waals surface area contributed by atoms with Crippen LogP contribution >= 0.6 is 0 Å². The van der Waals surface area contributed by atoms with Crippen molar-refractivity contribution in [2.24, 2.45) is 0 Å². The maximum absolute atomic E-state index is 11.6. The molecule has 0 aliphatic heterocycles. The van der Waals surface area contributed by atoms with Crippen LogP contribution in [0.1, 0.15) is 31.6 Å². The van der Waals surface area contributed by atoms with E-state index in [1.54, 1.807) is 6.26 Å². The van der Waals surface area contributed by atoms with Gasteiger partial charge in [-0.25, -0.2) is 0 Å². The van der Waals surface area contributed by atoms with Gasteiger partial charge in [0.1, 0.15) is 5.73 Å². The highest BCUT2D eigenvalue weighted by Crippen LogP contribution is 2.28. The third-order valence-electron chi connectivity index (χ3n) is 3.03. The Morgan fingerprint density at radius 3 is 2.32 bits per heavy atom. The van der Waals surface area contributed by atoms with E-state index in [9.17, 15) is 4.79 Å². The number of ketones is 1. The van der Waals surface area contributed by atoms with Crippen LogP contribution in [0.5, 0.6) is 0 Å². The van der Waals surface area contributed by atoms with Gasteiger partial charge in [-0.05, 0) is 12.5 Å². The first-order valence-corrected chi connectivity index (χ1v) is 10.3. The Balaban J connectivity index is 2.93. The molecule has 0 saturated heterocycles. The van der Waals surface area contributed by atoms with Gasteiger partial charge >= 0.3 is 0 Å². The van der Waals surface area contributed by atoms with Gasteiger partial charge in [-0.2, -0.15) is 0 Å². The molecule has 0 bridgehead atoms. The first kappa shape index (κ1) is 15.7. The Morgan fingerprint density at radius 1 is 1.26 bits per heavy atom. The molecule has 0 amide bonds. The second kappa shape index (κ2) is 6.71. The zero-order valence-electron chi connectivity index (χ0n) is 12.6. The predicted octanol–water partition coefficient (Wildman–Crippen LogP) is 4.50. The predicted molar refractivity (Wildman–Crippen MR) is 82.7 cm³/mol. The summed E-state index contributed by atoms with van der Waals surface area (Å²) in [5.74, 6) is 0.141. The van der Waals surface area contributed by atoms with Gasteiger partial charge in [0, 0.05) is 12.0 Å². The average molecular weight is 276 g/mol. The number of carbonyl (C=O) groups is 1. The molecule has 0 N–H and O–H groups in total. The molecule has 1 aromatic rings. The second-order valence-electron chi connectivity index (χ2n) is 5.87. The van der Waals surface area contributed by atoms with Crippen LogP contribution in [-0.2, 0) is 9.53 Å². The van der Waals surface area contributed by atoms with Crippen molar-refractivity contribution in [3.8, 4) is 0 Å². The van der Waals surface area contributed by atoms with E-state index in [-0.39, 0.29) is 11.5 Å². The van der Waals surface area contributed by atoms with Gasteiger partial charge in [0.2, 0.25) is 0 Å². The highest BCUT2D eigenvalue weighted by molar-refractivity contribution is 6.77. The standard InChI is InChI=1S/C16H24O2Si/c1-6-15(17)13(2)12-18-16(19(3,4)5)14-10-8-7-9-11-14/h7-12,16H,6H2,1-5H3/b13-12+. The number of hydrogen-bond acceptors (Lipinski definition) is 2. The number of Topliss-reactive ketones (excluding diaryl/α,β-unsaturated/α-hetero) is 1. The molecule has 0 aliphatic carbocycles. The number of benzene rings is 1. The average Bonchev–Trinajstić information content (AvgIpc) is 2.37. The minimum absolute atomic E-state index is 0.0771. The Morgan fingerprint density at radius 2 is 1.84 bits per heavy atom. The molecule has 3 heteroatoms. The number of carbonyl (C=O) groups excluding carboxylic acids is 1. The third-order valence-corrected chi connectivity index (χ3v) is 5.07. The van der Waals surface area contributed by atoms with Crippen LogP contribution in [0.25, 0.3) is 0 Å². The molecule has 0 spiro atoms. The van der Waals surface area contributed by atoms with Gasteiger partial charge in [0.15, 0.2) is 5.78 Å². The van der Waals surface area contributed by atoms with Crippen LogP contribution in [0.3, 0.4) is 0 Å². The maximum Gasteiger partial charge on any atom is 0.161 e. The molecule has 19 heavy (non-hydrogen) atoms. The number of allylic oxidation sites excluding steroid dienone is 1. The molecule has 0 radical (unpaired) electrons. The lowest BCUT2D eigenvalue weighted by atomic mass is 10.2. The van der Waals surface area contributed by atoms with Gasteiger partial charge < -0.3 is 4.74 Å². The zero-order valence-corrected chi connectivity index (χ0v) is 13.6. The lowest BCUT2D eigenvalue weighted by molar-refractivity contribution is -0.115. The number of hydrogen-bond donors (Lipinski definition) is 0. The SMILES string of the molecule is CCC(=O)/C(C)=C/OC(c1ccccc1)[Si](C)(C)C. The lowest BCUT2D eigenvalue weighted by Crippen LogP contribution is -2.32. The molecule has 2 nitrogen and oxygen atoms in total. The van der Waals surface area contributed by atoms with Crippen molar-refractivity contribution >= 4 is 13.9 Å². The number of ether oxygens (including phenoxy) is 1. The lowest BCUT2D eigenvalue weighted by Gasteiger charge is -2.28. The van der Waals surface area contributed by atoms with Crippen molar-refractivity contribution in [1.29, 1.82) is 0 Å². The normalized spacial score (nSPS) is 14.1. The molecule has 1 unspecified atom stereocenters. The van der Waals surface area contributed by atoms with E-state index in [2.05, 4.69) is 31.8 Å². The molecular formula is C16H24O2Si. The van der Waals surface area contributed by atoms with Crippen molar-refractivity contribution in [2.75, 3.05) is 0 Å². The quantitative estimate of drug-likeness (QED) is 0.434. The Bertz CT molecular complexity index is 444. The highest BCUT2D eigenvalue weighted by Gasteiger charge is 2.29. The molecule has 104 valence electrons. The van der Waals surface area contributed by atoms with E-state index in [1.807, 2.05) is 32.0 Å².